The Morgan fingerprint density at radius 3 is 1.65 bits per heavy atom. The first-order valence-electron chi connectivity index (χ1n) is 9.37. The fourth-order valence-electron chi connectivity index (χ4n) is 2.78. The maximum absolute atomic E-state index is 4.23. The average molecular weight is 281 g/mol. The summed E-state index contributed by atoms with van der Waals surface area (Å²) >= 11 is 0. The average Bonchev–Trinajstić information content (AvgIpc) is 2.44. The molecule has 0 heterocycles. The lowest BCUT2D eigenvalue weighted by Gasteiger charge is -2.10. The summed E-state index contributed by atoms with van der Waals surface area (Å²) < 4.78 is 0. The molecule has 1 atom stereocenters. The maximum atomic E-state index is 4.23. The maximum Gasteiger partial charge on any atom is -0.0297 e. The van der Waals surface area contributed by atoms with E-state index in [-0.39, 0.29) is 0 Å². The Balaban J connectivity index is 3.14. The van der Waals surface area contributed by atoms with Gasteiger partial charge in [-0.2, -0.15) is 0 Å². The first-order valence-corrected chi connectivity index (χ1v) is 9.37. The van der Waals surface area contributed by atoms with Crippen LogP contribution < -0.4 is 0 Å². The van der Waals surface area contributed by atoms with Crippen molar-refractivity contribution in [2.45, 2.75) is 111 Å². The molecular formula is C20H40. The van der Waals surface area contributed by atoms with Gasteiger partial charge in [0.25, 0.3) is 0 Å². The highest BCUT2D eigenvalue weighted by atomic mass is 14.1. The van der Waals surface area contributed by atoms with Crippen LogP contribution >= 0.6 is 0 Å². The van der Waals surface area contributed by atoms with E-state index in [1.165, 1.54) is 95.5 Å². The van der Waals surface area contributed by atoms with Crippen molar-refractivity contribution < 1.29 is 0 Å². The summed E-state index contributed by atoms with van der Waals surface area (Å²) in [5, 5.41) is 0. The molecule has 1 unspecified atom stereocenters. The van der Waals surface area contributed by atoms with E-state index in [1.807, 2.05) is 0 Å². The van der Waals surface area contributed by atoms with Gasteiger partial charge in [0.15, 0.2) is 0 Å². The lowest BCUT2D eigenvalue weighted by molar-refractivity contribution is 0.529. The number of hydrogen-bond acceptors (Lipinski definition) is 0. The fraction of sp³-hybridized carbons (Fsp3) is 0.900. The third-order valence-corrected chi connectivity index (χ3v) is 4.47. The highest BCUT2D eigenvalue weighted by molar-refractivity contribution is 4.94. The number of allylic oxidation sites excluding steroid dienone is 1. The second kappa shape index (κ2) is 15.1. The van der Waals surface area contributed by atoms with Gasteiger partial charge in [-0.3, -0.25) is 0 Å². The number of unbranched alkanes of at least 4 members (excludes halogenated alkanes) is 10. The van der Waals surface area contributed by atoms with E-state index in [0.717, 1.165) is 5.92 Å². The quantitative estimate of drug-likeness (QED) is 0.213. The normalized spacial score (nSPS) is 12.6. The van der Waals surface area contributed by atoms with Crippen LogP contribution in [0.5, 0.6) is 0 Å². The molecule has 0 amide bonds. The fourth-order valence-corrected chi connectivity index (χ4v) is 2.78. The zero-order valence-corrected chi connectivity index (χ0v) is 14.7. The van der Waals surface area contributed by atoms with Crippen LogP contribution in [-0.2, 0) is 0 Å². The monoisotopic (exact) mass is 280 g/mol. The van der Waals surface area contributed by atoms with Crippen molar-refractivity contribution in [1.82, 2.24) is 0 Å². The third kappa shape index (κ3) is 14.2. The molecule has 0 aromatic heterocycles. The van der Waals surface area contributed by atoms with E-state index in [1.54, 1.807) is 0 Å². The predicted molar refractivity (Wildman–Crippen MR) is 94.3 cm³/mol. The second-order valence-electron chi connectivity index (χ2n) is 6.75. The van der Waals surface area contributed by atoms with Crippen LogP contribution in [0.1, 0.15) is 111 Å². The van der Waals surface area contributed by atoms with Crippen molar-refractivity contribution in [3.8, 4) is 0 Å². The molecule has 120 valence electrons. The molecule has 0 heteroatoms. The van der Waals surface area contributed by atoms with Gasteiger partial charge in [-0.1, -0.05) is 104 Å². The van der Waals surface area contributed by atoms with E-state index in [2.05, 4.69) is 27.4 Å². The van der Waals surface area contributed by atoms with Gasteiger partial charge in [0.2, 0.25) is 0 Å². The third-order valence-electron chi connectivity index (χ3n) is 4.47. The van der Waals surface area contributed by atoms with Gasteiger partial charge in [0.1, 0.15) is 0 Å². The Bertz CT molecular complexity index is 204. The van der Waals surface area contributed by atoms with Crippen LogP contribution in [0.15, 0.2) is 12.2 Å². The molecule has 0 N–H and O–H groups in total. The topological polar surface area (TPSA) is 0 Å². The van der Waals surface area contributed by atoms with Gasteiger partial charge < -0.3 is 0 Å². The molecule has 0 aromatic rings. The van der Waals surface area contributed by atoms with Crippen molar-refractivity contribution >= 4 is 0 Å². The Morgan fingerprint density at radius 1 is 0.750 bits per heavy atom. The van der Waals surface area contributed by atoms with Gasteiger partial charge >= 0.3 is 0 Å². The standard InChI is InChI=1S/C20H40/c1-5-7-8-9-10-11-12-13-14-15-16-17-20(4)18-19(3)6-2/h19H,4-18H2,1-3H3. The zero-order chi connectivity index (χ0) is 15.1. The highest BCUT2D eigenvalue weighted by Crippen LogP contribution is 2.19. The van der Waals surface area contributed by atoms with Gasteiger partial charge in [0.05, 0.1) is 0 Å². The Labute approximate surface area is 129 Å². The summed E-state index contributed by atoms with van der Waals surface area (Å²) in [6, 6.07) is 0. The Morgan fingerprint density at radius 2 is 1.20 bits per heavy atom. The van der Waals surface area contributed by atoms with Crippen LogP contribution in [0.25, 0.3) is 0 Å². The van der Waals surface area contributed by atoms with E-state index < -0.39 is 0 Å². The van der Waals surface area contributed by atoms with E-state index in [9.17, 15) is 0 Å². The van der Waals surface area contributed by atoms with E-state index >= 15 is 0 Å². The van der Waals surface area contributed by atoms with Crippen molar-refractivity contribution in [3.63, 3.8) is 0 Å². The second-order valence-corrected chi connectivity index (χ2v) is 6.75. The molecule has 0 spiro atoms. The van der Waals surface area contributed by atoms with Crippen LogP contribution in [0.4, 0.5) is 0 Å². The molecule has 0 bridgehead atoms. The minimum absolute atomic E-state index is 0.829. The van der Waals surface area contributed by atoms with Crippen molar-refractivity contribution in [2.24, 2.45) is 5.92 Å². The van der Waals surface area contributed by atoms with Crippen molar-refractivity contribution in [3.05, 3.63) is 12.2 Å². The summed E-state index contributed by atoms with van der Waals surface area (Å²) in [5.41, 5.74) is 1.48. The molecular weight excluding hydrogens is 240 g/mol. The highest BCUT2D eigenvalue weighted by Gasteiger charge is 2.01. The summed E-state index contributed by atoms with van der Waals surface area (Å²) in [6.45, 7) is 11.1. The lowest BCUT2D eigenvalue weighted by Crippen LogP contribution is -1.94. The molecule has 0 fully saturated rings. The molecule has 0 nitrogen and oxygen atoms in total. The van der Waals surface area contributed by atoms with Crippen LogP contribution in [0, 0.1) is 5.92 Å². The number of rotatable bonds is 15. The van der Waals surface area contributed by atoms with Gasteiger partial charge in [0, 0.05) is 0 Å². The van der Waals surface area contributed by atoms with Crippen molar-refractivity contribution in [2.75, 3.05) is 0 Å². The largest absolute Gasteiger partial charge is 0.0999 e. The summed E-state index contributed by atoms with van der Waals surface area (Å²) in [4.78, 5) is 0. The van der Waals surface area contributed by atoms with Gasteiger partial charge in [-0.15, -0.1) is 0 Å². The first kappa shape index (κ1) is 19.7. The SMILES string of the molecule is C=C(CCCCCCCCCCCCC)CC(C)CC. The predicted octanol–water partition coefficient (Wildman–Crippen LogP) is 7.68. The molecule has 0 saturated heterocycles. The van der Waals surface area contributed by atoms with E-state index in [0.29, 0.717) is 0 Å². The van der Waals surface area contributed by atoms with Crippen LogP contribution in [0.2, 0.25) is 0 Å². The smallest absolute Gasteiger partial charge is 0.0297 e. The van der Waals surface area contributed by atoms with Crippen LogP contribution in [0.3, 0.4) is 0 Å². The Kier molecular flexibility index (Phi) is 14.9. The molecule has 20 heavy (non-hydrogen) atoms. The number of hydrogen-bond donors (Lipinski definition) is 0. The van der Waals surface area contributed by atoms with Gasteiger partial charge in [-0.25, -0.2) is 0 Å². The molecule has 0 aromatic carbocycles. The minimum atomic E-state index is 0.829. The van der Waals surface area contributed by atoms with E-state index in [4.69, 9.17) is 0 Å². The first-order chi connectivity index (χ1) is 9.70. The minimum Gasteiger partial charge on any atom is -0.0999 e. The molecule has 0 rings (SSSR count). The molecule has 0 radical (unpaired) electrons. The Hall–Kier alpha value is -0.260. The molecule has 0 aliphatic carbocycles. The lowest BCUT2D eigenvalue weighted by atomic mass is 9.96. The van der Waals surface area contributed by atoms with Gasteiger partial charge in [-0.05, 0) is 25.2 Å². The summed E-state index contributed by atoms with van der Waals surface area (Å²) in [5.74, 6) is 0.829. The molecule has 0 saturated carbocycles. The summed E-state index contributed by atoms with van der Waals surface area (Å²) in [7, 11) is 0. The van der Waals surface area contributed by atoms with Crippen molar-refractivity contribution in [1.29, 1.82) is 0 Å². The zero-order valence-electron chi connectivity index (χ0n) is 14.7. The van der Waals surface area contributed by atoms with Crippen LogP contribution in [-0.4, -0.2) is 0 Å². The molecule has 0 aliphatic heterocycles. The molecule has 0 aliphatic rings. The summed E-state index contributed by atoms with van der Waals surface area (Å²) in [6.07, 6.45) is 19.6.